The van der Waals surface area contributed by atoms with E-state index < -0.39 is 5.97 Å². The highest BCUT2D eigenvalue weighted by Gasteiger charge is 2.07. The number of rotatable bonds is 7. The molecule has 5 nitrogen and oxygen atoms in total. The molecule has 3 rings (SSSR count). The minimum atomic E-state index is -0.547. The zero-order valence-corrected chi connectivity index (χ0v) is 15.4. The van der Waals surface area contributed by atoms with Crippen molar-refractivity contribution in [3.05, 3.63) is 47.0 Å². The monoisotopic (exact) mass is 370 g/mol. The minimum absolute atomic E-state index is 0.262. The molecule has 0 saturated carbocycles. The second-order valence-electron chi connectivity index (χ2n) is 6.17. The van der Waals surface area contributed by atoms with E-state index in [0.717, 1.165) is 34.5 Å². The van der Waals surface area contributed by atoms with Gasteiger partial charge in [-0.2, -0.15) is 0 Å². The Bertz CT molecular complexity index is 805. The van der Waals surface area contributed by atoms with Gasteiger partial charge in [-0.05, 0) is 50.3 Å². The molecular formula is C20H22N2O3S. The third-order valence-corrected chi connectivity index (χ3v) is 5.17. The Morgan fingerprint density at radius 3 is 2.96 bits per heavy atom. The maximum atomic E-state index is 11.7. The molecule has 26 heavy (non-hydrogen) atoms. The maximum Gasteiger partial charge on any atom is 0.331 e. The number of benzene rings is 1. The summed E-state index contributed by atoms with van der Waals surface area (Å²) in [6, 6.07) is 7.78. The van der Waals surface area contributed by atoms with Crippen molar-refractivity contribution in [3.63, 3.8) is 0 Å². The quantitative estimate of drug-likeness (QED) is 0.456. The lowest BCUT2D eigenvalue weighted by Crippen LogP contribution is -2.29. The third-order valence-electron chi connectivity index (χ3n) is 4.17. The van der Waals surface area contributed by atoms with Crippen molar-refractivity contribution in [1.29, 1.82) is 0 Å². The van der Waals surface area contributed by atoms with Crippen LogP contribution >= 0.6 is 11.3 Å². The number of hydrogen-bond donors (Lipinski definition) is 1. The van der Waals surface area contributed by atoms with Gasteiger partial charge < -0.3 is 10.1 Å². The smallest absolute Gasteiger partial charge is 0.331 e. The van der Waals surface area contributed by atoms with Gasteiger partial charge in [-0.15, -0.1) is 11.3 Å². The Morgan fingerprint density at radius 1 is 1.27 bits per heavy atom. The van der Waals surface area contributed by atoms with Crippen LogP contribution in [0.4, 0.5) is 0 Å². The zero-order chi connectivity index (χ0) is 18.2. The number of hydrogen-bond acceptors (Lipinski definition) is 5. The number of ether oxygens (including phenoxy) is 1. The van der Waals surface area contributed by atoms with Crippen molar-refractivity contribution in [3.8, 4) is 0 Å². The van der Waals surface area contributed by atoms with E-state index in [1.54, 1.807) is 6.08 Å². The number of amides is 1. The average Bonchev–Trinajstić information content (AvgIpc) is 3.08. The van der Waals surface area contributed by atoms with Crippen molar-refractivity contribution in [1.82, 2.24) is 10.3 Å². The van der Waals surface area contributed by atoms with Crippen molar-refractivity contribution >= 4 is 39.5 Å². The highest BCUT2D eigenvalue weighted by Crippen LogP contribution is 2.22. The molecular weight excluding hydrogens is 348 g/mol. The first-order valence-corrected chi connectivity index (χ1v) is 9.67. The van der Waals surface area contributed by atoms with Crippen LogP contribution < -0.4 is 5.32 Å². The molecule has 0 aliphatic heterocycles. The van der Waals surface area contributed by atoms with Crippen LogP contribution in [0.3, 0.4) is 0 Å². The molecule has 1 heterocycles. The van der Waals surface area contributed by atoms with Gasteiger partial charge in [0.25, 0.3) is 5.91 Å². The van der Waals surface area contributed by atoms with Crippen LogP contribution in [-0.2, 0) is 14.3 Å². The van der Waals surface area contributed by atoms with E-state index in [0.29, 0.717) is 6.54 Å². The molecule has 0 atom stereocenters. The SMILES string of the molecule is O=C(COC(=O)/C=C/c1nc2ccccc2s1)NCCC1=CCCCC1. The lowest BCUT2D eigenvalue weighted by atomic mass is 9.97. The standard InChI is InChI=1S/C20H22N2O3S/c23-18(21-13-12-15-6-2-1-3-7-15)14-25-20(24)11-10-19-22-16-8-4-5-9-17(16)26-19/h4-6,8-11H,1-3,7,12-14H2,(H,21,23)/b11-10+. The first-order chi connectivity index (χ1) is 12.7. The molecule has 1 aromatic carbocycles. The Labute approximate surface area is 156 Å². The van der Waals surface area contributed by atoms with Gasteiger partial charge in [0.15, 0.2) is 6.61 Å². The summed E-state index contributed by atoms with van der Waals surface area (Å²) >= 11 is 1.50. The molecule has 1 N–H and O–H groups in total. The van der Waals surface area contributed by atoms with Gasteiger partial charge in [-0.1, -0.05) is 23.8 Å². The molecule has 0 fully saturated rings. The number of thiazole rings is 1. The Balaban J connectivity index is 1.37. The van der Waals surface area contributed by atoms with Crippen molar-refractivity contribution in [2.45, 2.75) is 32.1 Å². The molecule has 0 spiro atoms. The van der Waals surface area contributed by atoms with E-state index >= 15 is 0 Å². The lowest BCUT2D eigenvalue weighted by Gasteiger charge is -2.12. The number of nitrogens with zero attached hydrogens (tertiary/aromatic N) is 1. The van der Waals surface area contributed by atoms with Crippen LogP contribution in [0.15, 0.2) is 42.0 Å². The van der Waals surface area contributed by atoms with Gasteiger partial charge in [0.1, 0.15) is 5.01 Å². The first kappa shape index (κ1) is 18.3. The minimum Gasteiger partial charge on any atom is -0.452 e. The Hall–Kier alpha value is -2.47. The molecule has 1 aliphatic carbocycles. The van der Waals surface area contributed by atoms with E-state index in [2.05, 4.69) is 16.4 Å². The summed E-state index contributed by atoms with van der Waals surface area (Å²) in [7, 11) is 0. The van der Waals surface area contributed by atoms with Crippen molar-refractivity contribution < 1.29 is 14.3 Å². The number of carbonyl (C=O) groups excluding carboxylic acids is 2. The zero-order valence-electron chi connectivity index (χ0n) is 14.6. The van der Waals surface area contributed by atoms with Gasteiger partial charge in [-0.25, -0.2) is 9.78 Å². The highest BCUT2D eigenvalue weighted by atomic mass is 32.1. The van der Waals surface area contributed by atoms with E-state index in [1.807, 2.05) is 24.3 Å². The number of aromatic nitrogens is 1. The molecule has 0 saturated heterocycles. The molecule has 0 unspecified atom stereocenters. The summed E-state index contributed by atoms with van der Waals surface area (Å²) in [5.41, 5.74) is 2.31. The van der Waals surface area contributed by atoms with Gasteiger partial charge >= 0.3 is 5.97 Å². The number of fused-ring (bicyclic) bond motifs is 1. The van der Waals surface area contributed by atoms with Gasteiger partial charge in [0.05, 0.1) is 10.2 Å². The summed E-state index contributed by atoms with van der Waals surface area (Å²) in [6.45, 7) is 0.325. The van der Waals surface area contributed by atoms with Crippen molar-refractivity contribution in [2.75, 3.05) is 13.2 Å². The molecule has 0 radical (unpaired) electrons. The van der Waals surface area contributed by atoms with E-state index in [4.69, 9.17) is 4.74 Å². The number of nitrogens with one attached hydrogen (secondary N) is 1. The number of esters is 1. The van der Waals surface area contributed by atoms with Crippen LogP contribution in [0, 0.1) is 0 Å². The number of allylic oxidation sites excluding steroid dienone is 1. The van der Waals surface area contributed by atoms with Gasteiger partial charge in [0, 0.05) is 12.6 Å². The van der Waals surface area contributed by atoms with Crippen LogP contribution in [0.5, 0.6) is 0 Å². The molecule has 6 heteroatoms. The fraction of sp³-hybridized carbons (Fsp3) is 0.350. The summed E-state index contributed by atoms with van der Waals surface area (Å²) in [5.74, 6) is -0.822. The predicted octanol–water partition coefficient (Wildman–Crippen LogP) is 3.86. The fourth-order valence-corrected chi connectivity index (χ4v) is 3.70. The van der Waals surface area contributed by atoms with E-state index in [1.165, 1.54) is 35.8 Å². The van der Waals surface area contributed by atoms with Crippen LogP contribution in [0.1, 0.15) is 37.1 Å². The summed E-state index contributed by atoms with van der Waals surface area (Å²) in [5, 5.41) is 3.52. The second-order valence-corrected chi connectivity index (χ2v) is 7.23. The highest BCUT2D eigenvalue weighted by molar-refractivity contribution is 7.19. The molecule has 136 valence electrons. The first-order valence-electron chi connectivity index (χ1n) is 8.86. The Kier molecular flexibility index (Phi) is 6.55. The van der Waals surface area contributed by atoms with Crippen molar-refractivity contribution in [2.24, 2.45) is 0 Å². The summed E-state index contributed by atoms with van der Waals surface area (Å²) in [6.07, 6.45) is 10.8. The van der Waals surface area contributed by atoms with Gasteiger partial charge in [0.2, 0.25) is 0 Å². The molecule has 2 aromatic rings. The van der Waals surface area contributed by atoms with Gasteiger partial charge in [-0.3, -0.25) is 4.79 Å². The topological polar surface area (TPSA) is 68.3 Å². The molecule has 1 aliphatic rings. The normalized spacial score (nSPS) is 14.4. The lowest BCUT2D eigenvalue weighted by molar-refractivity contribution is -0.143. The summed E-state index contributed by atoms with van der Waals surface area (Å²) < 4.78 is 6.03. The van der Waals surface area contributed by atoms with E-state index in [9.17, 15) is 9.59 Å². The van der Waals surface area contributed by atoms with Crippen LogP contribution in [-0.4, -0.2) is 30.0 Å². The Morgan fingerprint density at radius 2 is 2.15 bits per heavy atom. The molecule has 1 aromatic heterocycles. The average molecular weight is 370 g/mol. The number of para-hydroxylation sites is 1. The van der Waals surface area contributed by atoms with E-state index in [-0.39, 0.29) is 12.5 Å². The van der Waals surface area contributed by atoms with Crippen LogP contribution in [0.25, 0.3) is 16.3 Å². The third kappa shape index (κ3) is 5.52. The van der Waals surface area contributed by atoms with Crippen LogP contribution in [0.2, 0.25) is 0 Å². The number of carbonyl (C=O) groups is 2. The second kappa shape index (κ2) is 9.29. The predicted molar refractivity (Wildman–Crippen MR) is 104 cm³/mol. The summed E-state index contributed by atoms with van der Waals surface area (Å²) in [4.78, 5) is 27.9. The largest absolute Gasteiger partial charge is 0.452 e. The molecule has 1 amide bonds. The molecule has 0 bridgehead atoms. The fourth-order valence-electron chi connectivity index (χ4n) is 2.83. The maximum absolute atomic E-state index is 11.7.